The number of amides is 1. The van der Waals surface area contributed by atoms with E-state index >= 15 is 0 Å². The second-order valence-electron chi connectivity index (χ2n) is 5.90. The van der Waals surface area contributed by atoms with Crippen LogP contribution in [0.4, 0.5) is 0 Å². The van der Waals surface area contributed by atoms with Crippen molar-refractivity contribution in [3.05, 3.63) is 52.6 Å². The van der Waals surface area contributed by atoms with E-state index in [1.165, 1.54) is 17.2 Å². The van der Waals surface area contributed by atoms with Crippen LogP contribution in [0.3, 0.4) is 0 Å². The summed E-state index contributed by atoms with van der Waals surface area (Å²) >= 11 is 0. The van der Waals surface area contributed by atoms with Gasteiger partial charge in [-0.3, -0.25) is 9.36 Å². The molecular weight excluding hydrogens is 282 g/mol. The molecule has 0 bridgehead atoms. The largest absolute Gasteiger partial charge is 0.464 e. The molecule has 1 saturated carbocycles. The van der Waals surface area contributed by atoms with Gasteiger partial charge in [0, 0.05) is 25.4 Å². The number of hydrogen-bond donors (Lipinski definition) is 0. The Labute approximate surface area is 128 Å². The van der Waals surface area contributed by atoms with Crippen LogP contribution in [-0.2, 0) is 17.9 Å². The highest BCUT2D eigenvalue weighted by atomic mass is 16.3. The van der Waals surface area contributed by atoms with Crippen molar-refractivity contribution in [3.8, 4) is 0 Å². The number of carbonyl (C=O) groups is 1. The van der Waals surface area contributed by atoms with Gasteiger partial charge in [0.1, 0.15) is 18.1 Å². The summed E-state index contributed by atoms with van der Waals surface area (Å²) < 4.78 is 7.09. The first-order valence-corrected chi connectivity index (χ1v) is 7.38. The molecule has 2 aromatic heterocycles. The molecule has 0 saturated heterocycles. The van der Waals surface area contributed by atoms with Crippen molar-refractivity contribution in [2.75, 3.05) is 7.05 Å². The molecule has 1 fully saturated rings. The summed E-state index contributed by atoms with van der Waals surface area (Å²) in [7, 11) is 1.70. The van der Waals surface area contributed by atoms with Crippen molar-refractivity contribution >= 4 is 5.91 Å². The molecule has 0 aliphatic heterocycles. The van der Waals surface area contributed by atoms with Crippen LogP contribution in [0.15, 0.2) is 39.8 Å². The molecule has 0 radical (unpaired) electrons. The quantitative estimate of drug-likeness (QED) is 0.841. The summed E-state index contributed by atoms with van der Waals surface area (Å²) in [6, 6.07) is 5.54. The molecule has 0 spiro atoms. The zero-order valence-electron chi connectivity index (χ0n) is 12.7. The number of aromatic nitrogens is 2. The second kappa shape index (κ2) is 5.79. The molecule has 6 nitrogen and oxygen atoms in total. The normalized spacial score (nSPS) is 19.9. The van der Waals surface area contributed by atoms with Crippen molar-refractivity contribution < 1.29 is 9.21 Å². The maximum absolute atomic E-state index is 12.2. The van der Waals surface area contributed by atoms with Crippen molar-refractivity contribution in [2.24, 2.45) is 5.92 Å². The van der Waals surface area contributed by atoms with Crippen molar-refractivity contribution in [2.45, 2.75) is 32.4 Å². The van der Waals surface area contributed by atoms with E-state index in [9.17, 15) is 9.59 Å². The minimum atomic E-state index is -0.424. The number of furan rings is 1. The van der Waals surface area contributed by atoms with E-state index in [0.29, 0.717) is 18.4 Å². The second-order valence-corrected chi connectivity index (χ2v) is 5.90. The van der Waals surface area contributed by atoms with Crippen LogP contribution in [0.25, 0.3) is 0 Å². The third-order valence-corrected chi connectivity index (χ3v) is 4.06. The summed E-state index contributed by atoms with van der Waals surface area (Å²) in [5, 5.41) is 0. The highest BCUT2D eigenvalue weighted by molar-refractivity contribution is 5.75. The van der Waals surface area contributed by atoms with Gasteiger partial charge in [0.25, 0.3) is 0 Å². The average Bonchev–Trinajstić information content (AvgIpc) is 3.04. The van der Waals surface area contributed by atoms with Gasteiger partial charge in [-0.25, -0.2) is 9.78 Å². The maximum Gasteiger partial charge on any atom is 0.347 e. The van der Waals surface area contributed by atoms with Crippen LogP contribution < -0.4 is 5.69 Å². The summed E-state index contributed by atoms with van der Waals surface area (Å²) in [5.74, 6) is 2.84. The van der Waals surface area contributed by atoms with Gasteiger partial charge in [-0.15, -0.1) is 0 Å². The SMILES string of the molecule is C[C@@H]1C[C@@H]1c1ccc(CN(C)C(=O)Cn2cccnc2=O)o1. The highest BCUT2D eigenvalue weighted by Gasteiger charge is 2.36. The van der Waals surface area contributed by atoms with Crippen LogP contribution in [0.2, 0.25) is 0 Å². The lowest BCUT2D eigenvalue weighted by atomic mass is 10.3. The fourth-order valence-corrected chi connectivity index (χ4v) is 2.49. The predicted octanol–water partition coefficient (Wildman–Crippen LogP) is 1.62. The monoisotopic (exact) mass is 301 g/mol. The van der Waals surface area contributed by atoms with Crippen molar-refractivity contribution in [1.29, 1.82) is 0 Å². The molecule has 1 aliphatic rings. The molecule has 2 heterocycles. The van der Waals surface area contributed by atoms with Crippen LogP contribution in [0, 0.1) is 5.92 Å². The Balaban J connectivity index is 1.60. The van der Waals surface area contributed by atoms with Gasteiger partial charge in [-0.2, -0.15) is 0 Å². The van der Waals surface area contributed by atoms with Crippen LogP contribution >= 0.6 is 0 Å². The Morgan fingerprint density at radius 1 is 1.50 bits per heavy atom. The maximum atomic E-state index is 12.2. The summed E-state index contributed by atoms with van der Waals surface area (Å²) in [4.78, 5) is 28.9. The molecule has 2 aromatic rings. The minimum Gasteiger partial charge on any atom is -0.464 e. The van der Waals surface area contributed by atoms with Crippen LogP contribution in [0.5, 0.6) is 0 Å². The number of rotatable bonds is 5. The fraction of sp³-hybridized carbons (Fsp3) is 0.438. The van der Waals surface area contributed by atoms with E-state index in [1.54, 1.807) is 24.2 Å². The van der Waals surface area contributed by atoms with Crippen molar-refractivity contribution in [3.63, 3.8) is 0 Å². The number of hydrogen-bond acceptors (Lipinski definition) is 4. The zero-order valence-corrected chi connectivity index (χ0v) is 12.7. The van der Waals surface area contributed by atoms with Gasteiger partial charge in [-0.05, 0) is 30.5 Å². The van der Waals surface area contributed by atoms with Gasteiger partial charge in [0.05, 0.1) is 6.54 Å². The molecule has 1 aliphatic carbocycles. The molecule has 0 aromatic carbocycles. The van der Waals surface area contributed by atoms with Gasteiger partial charge < -0.3 is 9.32 Å². The predicted molar refractivity (Wildman–Crippen MR) is 80.2 cm³/mol. The first-order chi connectivity index (χ1) is 10.5. The Morgan fingerprint density at radius 2 is 2.27 bits per heavy atom. The van der Waals surface area contributed by atoms with E-state index in [1.807, 2.05) is 12.1 Å². The van der Waals surface area contributed by atoms with E-state index in [0.717, 1.165) is 11.5 Å². The zero-order chi connectivity index (χ0) is 15.7. The Morgan fingerprint density at radius 3 is 2.95 bits per heavy atom. The van der Waals surface area contributed by atoms with Gasteiger partial charge in [-0.1, -0.05) is 6.92 Å². The van der Waals surface area contributed by atoms with Gasteiger partial charge in [0.15, 0.2) is 0 Å². The molecule has 116 valence electrons. The first-order valence-electron chi connectivity index (χ1n) is 7.38. The Hall–Kier alpha value is -2.37. The number of nitrogens with zero attached hydrogens (tertiary/aromatic N) is 3. The van der Waals surface area contributed by atoms with Gasteiger partial charge >= 0.3 is 5.69 Å². The minimum absolute atomic E-state index is 0.0175. The number of likely N-dealkylation sites (N-methyl/N-ethyl adjacent to an activating group) is 1. The van der Waals surface area contributed by atoms with E-state index in [4.69, 9.17) is 4.42 Å². The Kier molecular flexibility index (Phi) is 3.83. The molecule has 2 atom stereocenters. The number of carbonyl (C=O) groups excluding carboxylic acids is 1. The third kappa shape index (κ3) is 3.10. The molecule has 6 heteroatoms. The highest BCUT2D eigenvalue weighted by Crippen LogP contribution is 2.47. The lowest BCUT2D eigenvalue weighted by molar-refractivity contribution is -0.131. The lowest BCUT2D eigenvalue weighted by Gasteiger charge is -2.16. The molecule has 0 unspecified atom stereocenters. The average molecular weight is 301 g/mol. The molecule has 3 rings (SSSR count). The van der Waals surface area contributed by atoms with E-state index in [-0.39, 0.29) is 12.5 Å². The topological polar surface area (TPSA) is 68.3 Å². The molecule has 22 heavy (non-hydrogen) atoms. The molecule has 1 amide bonds. The standard InChI is InChI=1S/C16H19N3O3/c1-11-8-13(11)14-5-4-12(22-14)9-18(2)15(20)10-19-7-3-6-17-16(19)21/h3-7,11,13H,8-10H2,1-2H3/t11-,13+/m1/s1. The van der Waals surface area contributed by atoms with E-state index in [2.05, 4.69) is 11.9 Å². The first kappa shape index (κ1) is 14.6. The smallest absolute Gasteiger partial charge is 0.347 e. The fourth-order valence-electron chi connectivity index (χ4n) is 2.49. The molecule has 0 N–H and O–H groups in total. The van der Waals surface area contributed by atoms with Gasteiger partial charge in [0.2, 0.25) is 5.91 Å². The summed E-state index contributed by atoms with van der Waals surface area (Å²) in [6.07, 6.45) is 4.14. The van der Waals surface area contributed by atoms with Crippen LogP contribution in [-0.4, -0.2) is 27.4 Å². The summed E-state index contributed by atoms with van der Waals surface area (Å²) in [5.41, 5.74) is -0.424. The summed E-state index contributed by atoms with van der Waals surface area (Å²) in [6.45, 7) is 2.58. The Bertz CT molecular complexity index is 734. The van der Waals surface area contributed by atoms with Crippen LogP contribution in [0.1, 0.15) is 30.8 Å². The lowest BCUT2D eigenvalue weighted by Crippen LogP contribution is -2.33. The van der Waals surface area contributed by atoms with E-state index < -0.39 is 5.69 Å². The van der Waals surface area contributed by atoms with Crippen molar-refractivity contribution in [1.82, 2.24) is 14.5 Å². The molecular formula is C16H19N3O3. The third-order valence-electron chi connectivity index (χ3n) is 4.06.